The van der Waals surface area contributed by atoms with E-state index in [1.807, 2.05) is 13.1 Å². The highest BCUT2D eigenvalue weighted by Gasteiger charge is 2.43. The fraction of sp³-hybridized carbons (Fsp3) is 0.857. The molecule has 4 nitrogen and oxygen atoms in total. The van der Waals surface area contributed by atoms with E-state index in [2.05, 4.69) is 15.6 Å². The normalized spacial score (nSPS) is 25.0. The zero-order valence-corrected chi connectivity index (χ0v) is 12.5. The highest BCUT2D eigenvalue weighted by Crippen LogP contribution is 2.41. The Labute approximate surface area is 123 Å². The average molecular weight is 304 g/mol. The summed E-state index contributed by atoms with van der Waals surface area (Å²) in [6, 6.07) is 0.0387. The summed E-state index contributed by atoms with van der Waals surface area (Å²) in [5.74, 6) is -1.11. The van der Waals surface area contributed by atoms with Crippen molar-refractivity contribution in [2.45, 2.75) is 51.2 Å². The Morgan fingerprint density at radius 2 is 2.19 bits per heavy atom. The summed E-state index contributed by atoms with van der Waals surface area (Å²) in [7, 11) is 1.79. The molecule has 1 N–H and O–H groups in total. The zero-order chi connectivity index (χ0) is 15.5. The molecular formula is C14H23F3N4. The molecule has 0 amide bonds. The van der Waals surface area contributed by atoms with Crippen LogP contribution in [0.1, 0.15) is 38.3 Å². The highest BCUT2D eigenvalue weighted by atomic mass is 19.4. The summed E-state index contributed by atoms with van der Waals surface area (Å²) in [5, 5.41) is 11.3. The van der Waals surface area contributed by atoms with E-state index in [-0.39, 0.29) is 24.8 Å². The summed E-state index contributed by atoms with van der Waals surface area (Å²) in [6.45, 7) is 2.73. The van der Waals surface area contributed by atoms with Crippen LogP contribution in [0.3, 0.4) is 0 Å². The van der Waals surface area contributed by atoms with E-state index in [1.54, 1.807) is 11.7 Å². The molecule has 2 rings (SSSR count). The number of hydrogen-bond donors (Lipinski definition) is 1. The third-order valence-corrected chi connectivity index (χ3v) is 4.29. The Balaban J connectivity index is 2.03. The number of aryl methyl sites for hydroxylation is 1. The van der Waals surface area contributed by atoms with Gasteiger partial charge < -0.3 is 5.32 Å². The molecule has 1 aliphatic carbocycles. The first-order valence-electron chi connectivity index (χ1n) is 7.55. The molecule has 0 bridgehead atoms. The second-order valence-electron chi connectivity index (χ2n) is 5.92. The maximum Gasteiger partial charge on any atom is 0.391 e. The summed E-state index contributed by atoms with van der Waals surface area (Å²) in [4.78, 5) is 0. The van der Waals surface area contributed by atoms with Crippen LogP contribution < -0.4 is 5.32 Å². The van der Waals surface area contributed by atoms with Crippen molar-refractivity contribution >= 4 is 0 Å². The van der Waals surface area contributed by atoms with Gasteiger partial charge in [-0.2, -0.15) is 13.2 Å². The first-order chi connectivity index (χ1) is 9.90. The molecule has 0 radical (unpaired) electrons. The summed E-state index contributed by atoms with van der Waals surface area (Å²) < 4.78 is 40.5. The van der Waals surface area contributed by atoms with Crippen molar-refractivity contribution in [2.24, 2.45) is 18.9 Å². The first kappa shape index (κ1) is 16.3. The number of alkyl halides is 3. The molecule has 1 aromatic rings. The van der Waals surface area contributed by atoms with Gasteiger partial charge in [-0.05, 0) is 31.7 Å². The van der Waals surface area contributed by atoms with Crippen molar-refractivity contribution in [2.75, 3.05) is 6.54 Å². The molecular weight excluding hydrogens is 281 g/mol. The third-order valence-electron chi connectivity index (χ3n) is 4.29. The Hall–Kier alpha value is -1.11. The Kier molecular flexibility index (Phi) is 5.24. The second kappa shape index (κ2) is 6.77. The molecule has 3 unspecified atom stereocenters. The van der Waals surface area contributed by atoms with Crippen LogP contribution in [-0.2, 0) is 13.5 Å². The minimum atomic E-state index is -4.07. The quantitative estimate of drug-likeness (QED) is 0.909. The molecule has 1 aromatic heterocycles. The standard InChI is InChI=1S/C14H23F3N4/c1-3-18-13(8-12-9-21(2)20-19-12)10-5-4-6-11(7-10)14(15,16)17/h9-11,13,18H,3-8H2,1-2H3. The lowest BCUT2D eigenvalue weighted by Crippen LogP contribution is -2.42. The van der Waals surface area contributed by atoms with E-state index in [9.17, 15) is 13.2 Å². The monoisotopic (exact) mass is 304 g/mol. The Morgan fingerprint density at radius 3 is 2.76 bits per heavy atom. The molecule has 0 saturated heterocycles. The van der Waals surface area contributed by atoms with Crippen molar-refractivity contribution in [1.29, 1.82) is 0 Å². The van der Waals surface area contributed by atoms with Gasteiger partial charge in [0.2, 0.25) is 0 Å². The topological polar surface area (TPSA) is 42.7 Å². The molecule has 120 valence electrons. The van der Waals surface area contributed by atoms with E-state index in [0.717, 1.165) is 18.7 Å². The second-order valence-corrected chi connectivity index (χ2v) is 5.92. The van der Waals surface area contributed by atoms with Gasteiger partial charge in [0.25, 0.3) is 0 Å². The fourth-order valence-electron chi connectivity index (χ4n) is 3.27. The van der Waals surface area contributed by atoms with E-state index >= 15 is 0 Å². The van der Waals surface area contributed by atoms with Crippen molar-refractivity contribution in [3.8, 4) is 0 Å². The van der Waals surface area contributed by atoms with Crippen LogP contribution in [0.25, 0.3) is 0 Å². The van der Waals surface area contributed by atoms with Crippen LogP contribution in [0.5, 0.6) is 0 Å². The van der Waals surface area contributed by atoms with Crippen molar-refractivity contribution < 1.29 is 13.2 Å². The smallest absolute Gasteiger partial charge is 0.314 e. The first-order valence-corrected chi connectivity index (χ1v) is 7.55. The van der Waals surface area contributed by atoms with Crippen LogP contribution in [-0.4, -0.2) is 33.8 Å². The average Bonchev–Trinajstić information content (AvgIpc) is 2.83. The predicted molar refractivity (Wildman–Crippen MR) is 73.7 cm³/mol. The van der Waals surface area contributed by atoms with E-state index < -0.39 is 12.1 Å². The molecule has 1 aliphatic rings. The van der Waals surface area contributed by atoms with Crippen LogP contribution in [0.4, 0.5) is 13.2 Å². The molecule has 3 atom stereocenters. The highest BCUT2D eigenvalue weighted by molar-refractivity contribution is 4.98. The van der Waals surface area contributed by atoms with Gasteiger partial charge >= 0.3 is 6.18 Å². The largest absolute Gasteiger partial charge is 0.391 e. The van der Waals surface area contributed by atoms with Gasteiger partial charge in [0.15, 0.2) is 0 Å². The number of nitrogens with one attached hydrogen (secondary N) is 1. The number of halogens is 3. The van der Waals surface area contributed by atoms with Crippen LogP contribution >= 0.6 is 0 Å². The minimum absolute atomic E-state index is 0.0387. The van der Waals surface area contributed by atoms with Crippen molar-refractivity contribution in [3.05, 3.63) is 11.9 Å². The lowest BCUT2D eigenvalue weighted by atomic mass is 9.76. The predicted octanol–water partition coefficient (Wildman–Crippen LogP) is 2.70. The maximum atomic E-state index is 12.9. The van der Waals surface area contributed by atoms with Gasteiger partial charge in [-0.25, -0.2) is 0 Å². The molecule has 7 heteroatoms. The van der Waals surface area contributed by atoms with Crippen LogP contribution in [0.15, 0.2) is 6.20 Å². The number of likely N-dealkylation sites (N-methyl/N-ethyl adjacent to an activating group) is 1. The molecule has 1 heterocycles. The van der Waals surface area contributed by atoms with Gasteiger partial charge in [-0.3, -0.25) is 4.68 Å². The maximum absolute atomic E-state index is 12.9. The molecule has 1 saturated carbocycles. The van der Waals surface area contributed by atoms with Crippen molar-refractivity contribution in [3.63, 3.8) is 0 Å². The summed E-state index contributed by atoms with van der Waals surface area (Å²) >= 11 is 0. The molecule has 0 aromatic carbocycles. The number of hydrogen-bond acceptors (Lipinski definition) is 3. The Morgan fingerprint density at radius 1 is 1.43 bits per heavy atom. The van der Waals surface area contributed by atoms with Crippen LogP contribution in [0.2, 0.25) is 0 Å². The molecule has 1 fully saturated rings. The zero-order valence-electron chi connectivity index (χ0n) is 12.5. The molecule has 21 heavy (non-hydrogen) atoms. The van der Waals surface area contributed by atoms with Gasteiger partial charge in [-0.15, -0.1) is 5.10 Å². The lowest BCUT2D eigenvalue weighted by Gasteiger charge is -2.35. The van der Waals surface area contributed by atoms with E-state index in [4.69, 9.17) is 0 Å². The van der Waals surface area contributed by atoms with Gasteiger partial charge in [0.1, 0.15) is 0 Å². The lowest BCUT2D eigenvalue weighted by molar-refractivity contribution is -0.186. The number of nitrogens with zero attached hydrogens (tertiary/aromatic N) is 3. The molecule has 0 spiro atoms. The SMILES string of the molecule is CCNC(Cc1cn(C)nn1)C1CCCC(C(F)(F)F)C1. The number of aromatic nitrogens is 3. The number of rotatable bonds is 5. The van der Waals surface area contributed by atoms with Gasteiger partial charge in [0.05, 0.1) is 11.6 Å². The molecule has 0 aliphatic heterocycles. The van der Waals surface area contributed by atoms with Gasteiger partial charge in [0, 0.05) is 25.7 Å². The minimum Gasteiger partial charge on any atom is -0.314 e. The van der Waals surface area contributed by atoms with E-state index in [1.165, 1.54) is 0 Å². The fourth-order valence-corrected chi connectivity index (χ4v) is 3.27. The van der Waals surface area contributed by atoms with Crippen molar-refractivity contribution in [1.82, 2.24) is 20.3 Å². The van der Waals surface area contributed by atoms with Crippen LogP contribution in [0, 0.1) is 11.8 Å². The summed E-state index contributed by atoms with van der Waals surface area (Å²) in [6.07, 6.45) is 0.389. The Bertz CT molecular complexity index is 444. The van der Waals surface area contributed by atoms with E-state index in [0.29, 0.717) is 12.8 Å². The third kappa shape index (κ3) is 4.43. The van der Waals surface area contributed by atoms with Gasteiger partial charge in [-0.1, -0.05) is 18.6 Å². The summed E-state index contributed by atoms with van der Waals surface area (Å²) in [5.41, 5.74) is 0.831.